The van der Waals surface area contributed by atoms with E-state index in [0.717, 1.165) is 11.3 Å². The molecule has 1 heterocycles. The number of alkyl halides is 2. The summed E-state index contributed by atoms with van der Waals surface area (Å²) in [5.41, 5.74) is 2.37. The van der Waals surface area contributed by atoms with Crippen LogP contribution in [0.5, 0.6) is 5.75 Å². The summed E-state index contributed by atoms with van der Waals surface area (Å²) < 4.78 is 28.5. The van der Waals surface area contributed by atoms with Gasteiger partial charge in [-0.1, -0.05) is 18.2 Å². The molecule has 2 aromatic rings. The Balaban J connectivity index is 1.50. The zero-order valence-electron chi connectivity index (χ0n) is 13.9. The van der Waals surface area contributed by atoms with Crippen LogP contribution < -0.4 is 15.4 Å². The number of fused-ring (bicyclic) bond motifs is 1. The smallest absolute Gasteiger partial charge is 0.387 e. The molecule has 2 amide bonds. The number of carbonyl (C=O) groups is 2. The number of amides is 2. The van der Waals surface area contributed by atoms with Gasteiger partial charge < -0.3 is 15.4 Å². The second-order valence-electron chi connectivity index (χ2n) is 6.04. The number of ether oxygens (including phenoxy) is 1. The van der Waals surface area contributed by atoms with Crippen LogP contribution in [0.1, 0.15) is 18.4 Å². The van der Waals surface area contributed by atoms with Crippen molar-refractivity contribution in [2.24, 2.45) is 5.92 Å². The number of nitrogens with one attached hydrogen (secondary N) is 2. The van der Waals surface area contributed by atoms with Gasteiger partial charge in [-0.25, -0.2) is 0 Å². The van der Waals surface area contributed by atoms with Gasteiger partial charge in [-0.2, -0.15) is 8.78 Å². The van der Waals surface area contributed by atoms with Crippen molar-refractivity contribution in [3.63, 3.8) is 0 Å². The highest BCUT2D eigenvalue weighted by atomic mass is 19.3. The summed E-state index contributed by atoms with van der Waals surface area (Å²) in [5.74, 6) is -0.544. The van der Waals surface area contributed by atoms with Crippen LogP contribution in [0.15, 0.2) is 48.5 Å². The largest absolute Gasteiger partial charge is 0.435 e. The van der Waals surface area contributed by atoms with Crippen molar-refractivity contribution in [1.82, 2.24) is 0 Å². The monoisotopic (exact) mass is 360 g/mol. The standard InChI is InChI=1S/C19H18F2N2O3/c20-19(21)26-15-8-6-14(7-9-15)22-17(24)10-5-13-11-12-3-1-2-4-16(12)23-18(13)25/h1-4,6-9,13,19H,5,10-11H2,(H,22,24)(H,23,25). The van der Waals surface area contributed by atoms with Crippen LogP contribution in [0, 0.1) is 5.92 Å². The van der Waals surface area contributed by atoms with E-state index in [-0.39, 0.29) is 29.9 Å². The normalized spacial score (nSPS) is 16.0. The lowest BCUT2D eigenvalue weighted by Gasteiger charge is -2.24. The average molecular weight is 360 g/mol. The number of hydrogen-bond acceptors (Lipinski definition) is 3. The Morgan fingerprint density at radius 3 is 2.65 bits per heavy atom. The maximum absolute atomic E-state index is 12.1. The molecule has 136 valence electrons. The van der Waals surface area contributed by atoms with E-state index in [4.69, 9.17) is 0 Å². The molecule has 1 aliphatic rings. The number of para-hydroxylation sites is 1. The highest BCUT2D eigenvalue weighted by Crippen LogP contribution is 2.27. The van der Waals surface area contributed by atoms with Gasteiger partial charge in [0.25, 0.3) is 0 Å². The zero-order chi connectivity index (χ0) is 18.5. The first kappa shape index (κ1) is 17.8. The van der Waals surface area contributed by atoms with Gasteiger partial charge in [-0.05, 0) is 48.7 Å². The predicted octanol–water partition coefficient (Wildman–Crippen LogP) is 3.82. The lowest BCUT2D eigenvalue weighted by Crippen LogP contribution is -2.30. The van der Waals surface area contributed by atoms with Crippen molar-refractivity contribution < 1.29 is 23.1 Å². The van der Waals surface area contributed by atoms with Crippen molar-refractivity contribution in [1.29, 1.82) is 0 Å². The van der Waals surface area contributed by atoms with Gasteiger partial charge in [0.15, 0.2) is 0 Å². The maximum Gasteiger partial charge on any atom is 0.387 e. The summed E-state index contributed by atoms with van der Waals surface area (Å²) in [7, 11) is 0. The number of halogens is 2. The van der Waals surface area contributed by atoms with E-state index in [1.807, 2.05) is 24.3 Å². The third-order valence-electron chi connectivity index (χ3n) is 4.20. The Bertz CT molecular complexity index is 794. The van der Waals surface area contributed by atoms with Gasteiger partial charge in [0, 0.05) is 23.7 Å². The second kappa shape index (κ2) is 7.95. The minimum Gasteiger partial charge on any atom is -0.435 e. The number of rotatable bonds is 6. The Kier molecular flexibility index (Phi) is 5.46. The molecular weight excluding hydrogens is 342 g/mol. The van der Waals surface area contributed by atoms with Gasteiger partial charge in [0.2, 0.25) is 11.8 Å². The first-order chi connectivity index (χ1) is 12.5. The van der Waals surface area contributed by atoms with Crippen molar-refractivity contribution >= 4 is 23.2 Å². The van der Waals surface area contributed by atoms with Crippen molar-refractivity contribution in [3.8, 4) is 5.75 Å². The molecule has 0 aliphatic carbocycles. The summed E-state index contributed by atoms with van der Waals surface area (Å²) in [5, 5.41) is 5.54. The van der Waals surface area contributed by atoms with Gasteiger partial charge in [0.1, 0.15) is 5.75 Å². The fraction of sp³-hybridized carbons (Fsp3) is 0.263. The molecule has 3 rings (SSSR count). The fourth-order valence-corrected chi connectivity index (χ4v) is 2.89. The van der Waals surface area contributed by atoms with Crippen molar-refractivity contribution in [2.75, 3.05) is 10.6 Å². The molecule has 1 atom stereocenters. The zero-order valence-corrected chi connectivity index (χ0v) is 13.9. The summed E-state index contributed by atoms with van der Waals surface area (Å²) in [6.07, 6.45) is 1.23. The molecule has 26 heavy (non-hydrogen) atoms. The molecule has 0 spiro atoms. The molecular formula is C19H18F2N2O3. The quantitative estimate of drug-likeness (QED) is 0.823. The van der Waals surface area contributed by atoms with Crippen LogP contribution in [0.25, 0.3) is 0 Å². The van der Waals surface area contributed by atoms with Gasteiger partial charge in [0.05, 0.1) is 0 Å². The number of benzene rings is 2. The van der Waals surface area contributed by atoms with E-state index in [2.05, 4.69) is 15.4 Å². The summed E-state index contributed by atoms with van der Waals surface area (Å²) >= 11 is 0. The molecule has 1 aliphatic heterocycles. The third-order valence-corrected chi connectivity index (χ3v) is 4.20. The highest BCUT2D eigenvalue weighted by molar-refractivity contribution is 5.96. The average Bonchev–Trinajstić information content (AvgIpc) is 2.61. The second-order valence-corrected chi connectivity index (χ2v) is 6.04. The summed E-state index contributed by atoms with van der Waals surface area (Å²) in [6, 6.07) is 13.3. The summed E-state index contributed by atoms with van der Waals surface area (Å²) in [4.78, 5) is 24.2. The van der Waals surface area contributed by atoms with Gasteiger partial charge >= 0.3 is 6.61 Å². The molecule has 0 saturated heterocycles. The molecule has 7 heteroatoms. The molecule has 0 aromatic heterocycles. The molecule has 2 N–H and O–H groups in total. The van der Waals surface area contributed by atoms with E-state index in [9.17, 15) is 18.4 Å². The topological polar surface area (TPSA) is 67.4 Å². The first-order valence-electron chi connectivity index (χ1n) is 8.25. The van der Waals surface area contributed by atoms with Crippen molar-refractivity contribution in [2.45, 2.75) is 25.9 Å². The molecule has 1 unspecified atom stereocenters. The van der Waals surface area contributed by atoms with Crippen molar-refractivity contribution in [3.05, 3.63) is 54.1 Å². The molecule has 0 bridgehead atoms. The van der Waals surface area contributed by atoms with Crippen LogP contribution in [-0.2, 0) is 16.0 Å². The number of carbonyl (C=O) groups excluding carboxylic acids is 2. The summed E-state index contributed by atoms with van der Waals surface area (Å²) in [6.45, 7) is -2.89. The minimum atomic E-state index is -2.89. The Labute approximate surface area is 149 Å². The van der Waals surface area contributed by atoms with Gasteiger partial charge in [-0.15, -0.1) is 0 Å². The van der Waals surface area contributed by atoms with Crippen LogP contribution in [0.3, 0.4) is 0 Å². The predicted molar refractivity (Wildman–Crippen MR) is 93.2 cm³/mol. The third kappa shape index (κ3) is 4.56. The van der Waals surface area contributed by atoms with Crippen LogP contribution in [0.2, 0.25) is 0 Å². The molecule has 0 fully saturated rings. The Morgan fingerprint density at radius 1 is 1.19 bits per heavy atom. The molecule has 2 aromatic carbocycles. The van der Waals surface area contributed by atoms with Crippen LogP contribution in [-0.4, -0.2) is 18.4 Å². The van der Waals surface area contributed by atoms with E-state index < -0.39 is 6.61 Å². The van der Waals surface area contributed by atoms with Gasteiger partial charge in [-0.3, -0.25) is 9.59 Å². The van der Waals surface area contributed by atoms with E-state index in [1.54, 1.807) is 0 Å². The SMILES string of the molecule is O=C(CCC1Cc2ccccc2NC1=O)Nc1ccc(OC(F)F)cc1. The number of hydrogen-bond donors (Lipinski definition) is 2. The Hall–Kier alpha value is -2.96. The fourth-order valence-electron chi connectivity index (χ4n) is 2.89. The van der Waals surface area contributed by atoms with E-state index >= 15 is 0 Å². The molecule has 5 nitrogen and oxygen atoms in total. The molecule has 0 radical (unpaired) electrons. The minimum absolute atomic E-state index is 0.0236. The van der Waals surface area contributed by atoms with Crippen LogP contribution in [0.4, 0.5) is 20.2 Å². The first-order valence-corrected chi connectivity index (χ1v) is 8.25. The van der Waals surface area contributed by atoms with Crippen LogP contribution >= 0.6 is 0 Å². The van der Waals surface area contributed by atoms with E-state index in [0.29, 0.717) is 18.5 Å². The molecule has 0 saturated carbocycles. The maximum atomic E-state index is 12.1. The van der Waals surface area contributed by atoms with E-state index in [1.165, 1.54) is 24.3 Å². The Morgan fingerprint density at radius 2 is 1.92 bits per heavy atom. The lowest BCUT2D eigenvalue weighted by atomic mass is 9.89. The number of anilines is 2. The lowest BCUT2D eigenvalue weighted by molar-refractivity contribution is -0.121. The highest BCUT2D eigenvalue weighted by Gasteiger charge is 2.26.